The molecule has 0 N–H and O–H groups in total. The minimum Gasteiger partial charge on any atom is -0.289 e. The maximum absolute atomic E-state index is 12.9. The van der Waals surface area contributed by atoms with Gasteiger partial charge in [-0.1, -0.05) is 42.1 Å². The van der Waals surface area contributed by atoms with E-state index in [1.807, 2.05) is 54.6 Å². The van der Waals surface area contributed by atoms with Gasteiger partial charge in [0, 0.05) is 20.9 Å². The lowest BCUT2D eigenvalue weighted by Gasteiger charge is -2.04. The highest BCUT2D eigenvalue weighted by molar-refractivity contribution is 7.99. The van der Waals surface area contributed by atoms with Crippen molar-refractivity contribution in [3.63, 3.8) is 0 Å². The van der Waals surface area contributed by atoms with E-state index in [9.17, 15) is 9.18 Å². The largest absolute Gasteiger partial charge is 0.289 e. The molecule has 0 saturated heterocycles. The quantitative estimate of drug-likeness (QED) is 0.616. The first kappa shape index (κ1) is 14.5. The van der Waals surface area contributed by atoms with E-state index in [4.69, 9.17) is 0 Å². The second kappa shape index (κ2) is 6.58. The molecule has 0 radical (unpaired) electrons. The van der Waals surface area contributed by atoms with Crippen LogP contribution in [-0.4, -0.2) is 5.78 Å². The van der Waals surface area contributed by atoms with E-state index in [0.717, 1.165) is 9.79 Å². The fraction of sp³-hybridized carbons (Fsp3) is 0. The molecule has 0 aliphatic rings. The molecule has 1 nitrogen and oxygen atoms in total. The van der Waals surface area contributed by atoms with Crippen molar-refractivity contribution >= 4 is 17.5 Å². The van der Waals surface area contributed by atoms with Crippen LogP contribution in [0.3, 0.4) is 0 Å². The molecular weight excluding hydrogens is 295 g/mol. The van der Waals surface area contributed by atoms with Gasteiger partial charge in [0.05, 0.1) is 0 Å². The summed E-state index contributed by atoms with van der Waals surface area (Å²) in [6, 6.07) is 23.0. The van der Waals surface area contributed by atoms with Crippen molar-refractivity contribution in [3.8, 4) is 0 Å². The van der Waals surface area contributed by atoms with Crippen LogP contribution in [0.4, 0.5) is 4.39 Å². The van der Waals surface area contributed by atoms with Crippen molar-refractivity contribution in [3.05, 3.63) is 95.8 Å². The lowest BCUT2D eigenvalue weighted by Crippen LogP contribution is -2.00. The Hall–Kier alpha value is -2.39. The third kappa shape index (κ3) is 3.43. The summed E-state index contributed by atoms with van der Waals surface area (Å²) in [6.07, 6.45) is 0. The molecule has 0 saturated carbocycles. The molecule has 3 aromatic carbocycles. The Morgan fingerprint density at radius 3 is 1.77 bits per heavy atom. The van der Waals surface area contributed by atoms with Crippen LogP contribution in [-0.2, 0) is 0 Å². The smallest absolute Gasteiger partial charge is 0.193 e. The van der Waals surface area contributed by atoms with Gasteiger partial charge in [-0.2, -0.15) is 0 Å². The van der Waals surface area contributed by atoms with Crippen LogP contribution in [0.15, 0.2) is 88.7 Å². The van der Waals surface area contributed by atoms with Crippen LogP contribution in [0.2, 0.25) is 0 Å². The number of benzene rings is 3. The second-order valence-electron chi connectivity index (χ2n) is 4.78. The molecule has 0 aliphatic heterocycles. The van der Waals surface area contributed by atoms with Gasteiger partial charge in [0.25, 0.3) is 0 Å². The molecule has 3 heteroatoms. The predicted octanol–water partition coefficient (Wildman–Crippen LogP) is 5.21. The summed E-state index contributed by atoms with van der Waals surface area (Å²) in [5.74, 6) is -0.230. The molecule has 0 fully saturated rings. The molecule has 0 bridgehead atoms. The fourth-order valence-electron chi connectivity index (χ4n) is 2.07. The second-order valence-corrected chi connectivity index (χ2v) is 5.92. The van der Waals surface area contributed by atoms with Gasteiger partial charge in [0.2, 0.25) is 0 Å². The predicted molar refractivity (Wildman–Crippen MR) is 86.8 cm³/mol. The van der Waals surface area contributed by atoms with Gasteiger partial charge in [0.1, 0.15) is 5.82 Å². The van der Waals surface area contributed by atoms with Crippen LogP contribution in [0.25, 0.3) is 0 Å². The Morgan fingerprint density at radius 2 is 1.18 bits per heavy atom. The zero-order valence-corrected chi connectivity index (χ0v) is 12.5. The minimum atomic E-state index is -0.242. The highest BCUT2D eigenvalue weighted by Crippen LogP contribution is 2.28. The topological polar surface area (TPSA) is 17.1 Å². The normalized spacial score (nSPS) is 10.4. The number of hydrogen-bond acceptors (Lipinski definition) is 2. The van der Waals surface area contributed by atoms with Crippen LogP contribution >= 0.6 is 11.8 Å². The monoisotopic (exact) mass is 308 g/mol. The van der Waals surface area contributed by atoms with Crippen LogP contribution < -0.4 is 0 Å². The summed E-state index contributed by atoms with van der Waals surface area (Å²) in [6.45, 7) is 0. The molecule has 0 aromatic heterocycles. The number of carbonyl (C=O) groups is 1. The van der Waals surface area contributed by atoms with Crippen molar-refractivity contribution in [2.45, 2.75) is 9.79 Å². The standard InChI is InChI=1S/C19H13FOS/c20-16-8-12-18(13-9-16)22-17-10-6-15(7-11-17)19(21)14-4-2-1-3-5-14/h1-13H. The Morgan fingerprint density at radius 1 is 0.682 bits per heavy atom. The van der Waals surface area contributed by atoms with E-state index in [-0.39, 0.29) is 11.6 Å². The Balaban J connectivity index is 1.75. The first-order valence-corrected chi connectivity index (χ1v) is 7.67. The average molecular weight is 308 g/mol. The molecular formula is C19H13FOS. The number of rotatable bonds is 4. The van der Waals surface area contributed by atoms with Crippen molar-refractivity contribution in [1.82, 2.24) is 0 Å². The lowest BCUT2D eigenvalue weighted by atomic mass is 10.0. The Bertz CT molecular complexity index is 765. The van der Waals surface area contributed by atoms with Gasteiger partial charge in [-0.15, -0.1) is 0 Å². The summed E-state index contributed by atoms with van der Waals surface area (Å²) in [5.41, 5.74) is 1.34. The highest BCUT2D eigenvalue weighted by atomic mass is 32.2. The molecule has 0 heterocycles. The summed E-state index contributed by atoms with van der Waals surface area (Å²) in [5, 5.41) is 0. The molecule has 0 unspecified atom stereocenters. The third-order valence-electron chi connectivity index (χ3n) is 3.20. The number of hydrogen-bond donors (Lipinski definition) is 0. The van der Waals surface area contributed by atoms with Crippen LogP contribution in [0.1, 0.15) is 15.9 Å². The number of carbonyl (C=O) groups excluding carboxylic acids is 1. The summed E-state index contributed by atoms with van der Waals surface area (Å²) >= 11 is 1.53. The molecule has 0 atom stereocenters. The highest BCUT2D eigenvalue weighted by Gasteiger charge is 2.08. The van der Waals surface area contributed by atoms with Crippen LogP contribution in [0.5, 0.6) is 0 Å². The first-order valence-electron chi connectivity index (χ1n) is 6.85. The van der Waals surface area contributed by atoms with E-state index in [1.54, 1.807) is 12.1 Å². The molecule has 3 aromatic rings. The zero-order valence-electron chi connectivity index (χ0n) is 11.7. The first-order chi connectivity index (χ1) is 10.7. The molecule has 3 rings (SSSR count). The van der Waals surface area contributed by atoms with Gasteiger partial charge in [-0.25, -0.2) is 4.39 Å². The molecule has 0 aliphatic carbocycles. The van der Waals surface area contributed by atoms with E-state index in [0.29, 0.717) is 11.1 Å². The fourth-order valence-corrected chi connectivity index (χ4v) is 2.89. The average Bonchev–Trinajstić information content (AvgIpc) is 2.58. The number of halogens is 1. The Labute approximate surface area is 132 Å². The van der Waals surface area contributed by atoms with E-state index in [2.05, 4.69) is 0 Å². The SMILES string of the molecule is O=C(c1ccccc1)c1ccc(Sc2ccc(F)cc2)cc1. The Kier molecular flexibility index (Phi) is 4.35. The van der Waals surface area contributed by atoms with E-state index >= 15 is 0 Å². The van der Waals surface area contributed by atoms with Gasteiger partial charge in [-0.3, -0.25) is 4.79 Å². The van der Waals surface area contributed by atoms with Gasteiger partial charge >= 0.3 is 0 Å². The maximum atomic E-state index is 12.9. The zero-order chi connectivity index (χ0) is 15.4. The summed E-state index contributed by atoms with van der Waals surface area (Å²) in [7, 11) is 0. The van der Waals surface area contributed by atoms with Crippen molar-refractivity contribution < 1.29 is 9.18 Å². The van der Waals surface area contributed by atoms with E-state index < -0.39 is 0 Å². The van der Waals surface area contributed by atoms with Crippen molar-refractivity contribution in [2.75, 3.05) is 0 Å². The summed E-state index contributed by atoms with van der Waals surface area (Å²) in [4.78, 5) is 14.3. The minimum absolute atomic E-state index is 0.0129. The molecule has 0 amide bonds. The molecule has 0 spiro atoms. The van der Waals surface area contributed by atoms with Gasteiger partial charge in [0.15, 0.2) is 5.78 Å². The maximum Gasteiger partial charge on any atom is 0.193 e. The van der Waals surface area contributed by atoms with Crippen molar-refractivity contribution in [2.24, 2.45) is 0 Å². The van der Waals surface area contributed by atoms with Crippen molar-refractivity contribution in [1.29, 1.82) is 0 Å². The summed E-state index contributed by atoms with van der Waals surface area (Å²) < 4.78 is 12.9. The molecule has 22 heavy (non-hydrogen) atoms. The lowest BCUT2D eigenvalue weighted by molar-refractivity contribution is 0.103. The van der Waals surface area contributed by atoms with Crippen LogP contribution in [0, 0.1) is 5.82 Å². The van der Waals surface area contributed by atoms with E-state index in [1.165, 1.54) is 23.9 Å². The third-order valence-corrected chi connectivity index (χ3v) is 4.22. The van der Waals surface area contributed by atoms with Gasteiger partial charge in [-0.05, 0) is 48.5 Å². The molecule has 108 valence electrons. The number of ketones is 1. The van der Waals surface area contributed by atoms with Gasteiger partial charge < -0.3 is 0 Å².